The van der Waals surface area contributed by atoms with E-state index in [9.17, 15) is 14.7 Å². The molecule has 6 heteroatoms. The molecule has 2 aliphatic rings. The van der Waals surface area contributed by atoms with Gasteiger partial charge in [0.15, 0.2) is 11.5 Å². The largest absolute Gasteiger partial charge is 0.481 e. The smallest absolute Gasteiger partial charge is 0.308 e. The molecule has 2 aliphatic heterocycles. The van der Waals surface area contributed by atoms with Crippen LogP contribution in [-0.4, -0.2) is 35.2 Å². The lowest BCUT2D eigenvalue weighted by molar-refractivity contribution is -0.152. The Morgan fingerprint density at radius 2 is 2.22 bits per heavy atom. The highest BCUT2D eigenvalue weighted by molar-refractivity contribution is 5.82. The van der Waals surface area contributed by atoms with Crippen LogP contribution in [0.5, 0.6) is 11.5 Å². The van der Waals surface area contributed by atoms with E-state index in [0.717, 1.165) is 18.4 Å². The monoisotopic (exact) mass is 319 g/mol. The minimum atomic E-state index is -0.875. The number of amides is 1. The average Bonchev–Trinajstić information content (AvgIpc) is 3.01. The van der Waals surface area contributed by atoms with Crippen LogP contribution in [0.2, 0.25) is 0 Å². The molecular weight excluding hydrogens is 298 g/mol. The number of carbonyl (C=O) groups is 2. The molecule has 23 heavy (non-hydrogen) atoms. The summed E-state index contributed by atoms with van der Waals surface area (Å²) in [4.78, 5) is 25.9. The zero-order chi connectivity index (χ0) is 16.4. The van der Waals surface area contributed by atoms with Crippen molar-refractivity contribution >= 4 is 11.9 Å². The fraction of sp³-hybridized carbons (Fsp3) is 0.529. The topological polar surface area (TPSA) is 76.1 Å². The third-order valence-corrected chi connectivity index (χ3v) is 4.52. The van der Waals surface area contributed by atoms with E-state index in [1.165, 1.54) is 0 Å². The number of carbonyl (C=O) groups excluding carboxylic acids is 1. The fourth-order valence-electron chi connectivity index (χ4n) is 3.37. The molecule has 0 aromatic heterocycles. The number of rotatable bonds is 5. The molecule has 1 saturated heterocycles. The summed E-state index contributed by atoms with van der Waals surface area (Å²) in [5, 5.41) is 9.64. The maximum absolute atomic E-state index is 12.4. The van der Waals surface area contributed by atoms with E-state index in [1.807, 2.05) is 12.1 Å². The van der Waals surface area contributed by atoms with Gasteiger partial charge in [-0.1, -0.05) is 25.5 Å². The van der Waals surface area contributed by atoms with Gasteiger partial charge in [-0.3, -0.25) is 9.59 Å². The Kier molecular flexibility index (Phi) is 4.41. The number of likely N-dealkylation sites (tertiary alicyclic amines) is 1. The molecule has 0 aliphatic carbocycles. The molecule has 1 aromatic carbocycles. The van der Waals surface area contributed by atoms with Crippen molar-refractivity contribution in [1.82, 2.24) is 4.90 Å². The van der Waals surface area contributed by atoms with Crippen LogP contribution >= 0.6 is 0 Å². The molecule has 0 radical (unpaired) electrons. The van der Waals surface area contributed by atoms with E-state index in [2.05, 4.69) is 6.92 Å². The Morgan fingerprint density at radius 3 is 2.96 bits per heavy atom. The Balaban J connectivity index is 2.03. The fourth-order valence-corrected chi connectivity index (χ4v) is 3.37. The van der Waals surface area contributed by atoms with Crippen molar-refractivity contribution in [3.05, 3.63) is 23.8 Å². The van der Waals surface area contributed by atoms with Crippen LogP contribution in [0.4, 0.5) is 0 Å². The van der Waals surface area contributed by atoms with Crippen LogP contribution in [-0.2, 0) is 9.59 Å². The van der Waals surface area contributed by atoms with Gasteiger partial charge in [0, 0.05) is 18.5 Å². The molecule has 0 saturated carbocycles. The summed E-state index contributed by atoms with van der Waals surface area (Å²) in [5.74, 6) is -0.307. The molecule has 2 heterocycles. The summed E-state index contributed by atoms with van der Waals surface area (Å²) < 4.78 is 10.9. The molecule has 6 nitrogen and oxygen atoms in total. The lowest BCUT2D eigenvalue weighted by Crippen LogP contribution is -2.45. The van der Waals surface area contributed by atoms with Crippen LogP contribution in [0.1, 0.15) is 44.2 Å². The molecular formula is C17H21NO5. The van der Waals surface area contributed by atoms with Crippen molar-refractivity contribution in [3.8, 4) is 11.5 Å². The predicted molar refractivity (Wildman–Crippen MR) is 82.3 cm³/mol. The number of nitrogens with zero attached hydrogens (tertiary/aromatic N) is 1. The van der Waals surface area contributed by atoms with Crippen LogP contribution in [0.25, 0.3) is 0 Å². The number of benzene rings is 1. The summed E-state index contributed by atoms with van der Waals surface area (Å²) in [7, 11) is 0. The van der Waals surface area contributed by atoms with Gasteiger partial charge in [0.25, 0.3) is 0 Å². The van der Waals surface area contributed by atoms with Gasteiger partial charge >= 0.3 is 5.97 Å². The second kappa shape index (κ2) is 6.48. The zero-order valence-corrected chi connectivity index (χ0v) is 13.2. The first-order chi connectivity index (χ1) is 11.1. The Morgan fingerprint density at radius 1 is 1.39 bits per heavy atom. The Hall–Kier alpha value is -2.24. The van der Waals surface area contributed by atoms with Gasteiger partial charge in [-0.25, -0.2) is 0 Å². The van der Waals surface area contributed by atoms with E-state index in [-0.39, 0.29) is 19.1 Å². The van der Waals surface area contributed by atoms with Crippen molar-refractivity contribution in [2.45, 2.75) is 38.6 Å². The second-order valence-electron chi connectivity index (χ2n) is 5.95. The zero-order valence-electron chi connectivity index (χ0n) is 13.2. The minimum absolute atomic E-state index is 0.0115. The summed E-state index contributed by atoms with van der Waals surface area (Å²) in [6, 6.07) is 4.95. The van der Waals surface area contributed by atoms with E-state index < -0.39 is 17.9 Å². The average molecular weight is 319 g/mol. The summed E-state index contributed by atoms with van der Waals surface area (Å²) in [5.41, 5.74) is 0.733. The van der Waals surface area contributed by atoms with E-state index in [1.54, 1.807) is 11.0 Å². The molecule has 0 bridgehead atoms. The quantitative estimate of drug-likeness (QED) is 0.902. The number of carboxylic acids is 1. The van der Waals surface area contributed by atoms with Gasteiger partial charge in [-0.2, -0.15) is 0 Å². The van der Waals surface area contributed by atoms with E-state index in [4.69, 9.17) is 9.47 Å². The van der Waals surface area contributed by atoms with E-state index >= 15 is 0 Å². The standard InChI is InChI=1S/C17H21NO5/c1-2-3-9-18-14(19)8-7-12(17(20)21)15(18)11-5-4-6-13-16(11)23-10-22-13/h4-6,12,15H,2-3,7-10H2,1H3,(H,20,21)/t12-,15-/m0/s1. The number of para-hydroxylation sites is 1. The maximum Gasteiger partial charge on any atom is 0.308 e. The second-order valence-corrected chi connectivity index (χ2v) is 5.95. The highest BCUT2D eigenvalue weighted by Crippen LogP contribution is 2.45. The molecule has 1 aromatic rings. The van der Waals surface area contributed by atoms with Crippen LogP contribution in [0.3, 0.4) is 0 Å². The van der Waals surface area contributed by atoms with Gasteiger partial charge in [0.05, 0.1) is 12.0 Å². The number of hydrogen-bond donors (Lipinski definition) is 1. The third-order valence-electron chi connectivity index (χ3n) is 4.52. The van der Waals surface area contributed by atoms with Gasteiger partial charge in [-0.15, -0.1) is 0 Å². The Labute approximate surface area is 135 Å². The normalized spacial score (nSPS) is 23.2. The number of unbranched alkanes of at least 4 members (excludes halogenated alkanes) is 1. The molecule has 2 atom stereocenters. The van der Waals surface area contributed by atoms with Gasteiger partial charge in [0.1, 0.15) is 0 Å². The Bertz CT molecular complexity index is 615. The molecule has 3 rings (SSSR count). The first-order valence-corrected chi connectivity index (χ1v) is 8.04. The highest BCUT2D eigenvalue weighted by Gasteiger charge is 2.42. The van der Waals surface area contributed by atoms with Gasteiger partial charge < -0.3 is 19.5 Å². The molecule has 1 amide bonds. The molecule has 1 fully saturated rings. The number of piperidine rings is 1. The summed E-state index contributed by atoms with van der Waals surface area (Å²) in [6.45, 7) is 2.74. The minimum Gasteiger partial charge on any atom is -0.481 e. The maximum atomic E-state index is 12.4. The first-order valence-electron chi connectivity index (χ1n) is 8.04. The lowest BCUT2D eigenvalue weighted by atomic mass is 9.83. The number of ether oxygens (including phenoxy) is 2. The van der Waals surface area contributed by atoms with Crippen LogP contribution in [0, 0.1) is 5.92 Å². The number of fused-ring (bicyclic) bond motifs is 1. The predicted octanol–water partition coefficient (Wildman–Crippen LogP) is 2.58. The van der Waals surface area contributed by atoms with Crippen molar-refractivity contribution in [1.29, 1.82) is 0 Å². The van der Waals surface area contributed by atoms with Crippen LogP contribution in [0.15, 0.2) is 18.2 Å². The van der Waals surface area contributed by atoms with Gasteiger partial charge in [-0.05, 0) is 18.9 Å². The first kappa shape index (κ1) is 15.6. The number of carboxylic acid groups (broad SMARTS) is 1. The number of hydrogen-bond acceptors (Lipinski definition) is 4. The van der Waals surface area contributed by atoms with Crippen molar-refractivity contribution in [2.75, 3.05) is 13.3 Å². The SMILES string of the molecule is CCCCN1C(=O)CC[C@H](C(=O)O)[C@@H]1c1cccc2c1OCO2. The third kappa shape index (κ3) is 2.85. The molecule has 0 spiro atoms. The van der Waals surface area contributed by atoms with Crippen molar-refractivity contribution < 1.29 is 24.2 Å². The van der Waals surface area contributed by atoms with Gasteiger partial charge in [0.2, 0.25) is 12.7 Å². The molecule has 1 N–H and O–H groups in total. The van der Waals surface area contributed by atoms with Crippen molar-refractivity contribution in [3.63, 3.8) is 0 Å². The molecule has 0 unspecified atom stereocenters. The summed E-state index contributed by atoms with van der Waals surface area (Å²) >= 11 is 0. The van der Waals surface area contributed by atoms with E-state index in [0.29, 0.717) is 24.5 Å². The summed E-state index contributed by atoms with van der Waals surface area (Å²) in [6.07, 6.45) is 2.43. The molecule has 124 valence electrons. The van der Waals surface area contributed by atoms with Crippen molar-refractivity contribution in [2.24, 2.45) is 5.92 Å². The lowest BCUT2D eigenvalue weighted by Gasteiger charge is -2.40. The number of aliphatic carboxylic acids is 1. The highest BCUT2D eigenvalue weighted by atomic mass is 16.7. The van der Waals surface area contributed by atoms with Crippen LogP contribution < -0.4 is 9.47 Å².